The molecule has 6 heteroatoms. The van der Waals surface area contributed by atoms with Gasteiger partial charge in [-0.05, 0) is 39.2 Å². The molecule has 1 aromatic heterocycles. The summed E-state index contributed by atoms with van der Waals surface area (Å²) in [5.41, 5.74) is 0.579. The molecule has 0 aliphatic carbocycles. The molecule has 1 amide bonds. The van der Waals surface area contributed by atoms with Crippen LogP contribution in [-0.4, -0.2) is 54.2 Å². The molecule has 0 saturated carbocycles. The van der Waals surface area contributed by atoms with E-state index in [1.807, 2.05) is 18.7 Å². The zero-order valence-corrected chi connectivity index (χ0v) is 14.6. The maximum absolute atomic E-state index is 12.5. The predicted octanol–water partition coefficient (Wildman–Crippen LogP) is 2.97. The van der Waals surface area contributed by atoms with Gasteiger partial charge in [-0.25, -0.2) is 4.98 Å². The molecule has 3 rings (SSSR count). The molecule has 5 nitrogen and oxygen atoms in total. The lowest BCUT2D eigenvalue weighted by atomic mass is 10.1. The van der Waals surface area contributed by atoms with Crippen molar-refractivity contribution in [2.45, 2.75) is 45.3 Å². The number of morpholine rings is 1. The molecule has 0 aromatic carbocycles. The van der Waals surface area contributed by atoms with Gasteiger partial charge in [0.1, 0.15) is 5.82 Å². The highest BCUT2D eigenvalue weighted by molar-refractivity contribution is 6.33. The number of likely N-dealkylation sites (tertiary alicyclic amines) is 1. The van der Waals surface area contributed by atoms with Crippen LogP contribution in [0, 0.1) is 0 Å². The van der Waals surface area contributed by atoms with E-state index >= 15 is 0 Å². The molecule has 1 aromatic rings. The number of carbonyl (C=O) groups is 1. The molecule has 0 radical (unpaired) electrons. The average Bonchev–Trinajstić information content (AvgIpc) is 2.54. The van der Waals surface area contributed by atoms with Gasteiger partial charge in [-0.1, -0.05) is 11.6 Å². The fraction of sp³-hybridized carbons (Fsp3) is 0.647. The molecule has 0 N–H and O–H groups in total. The molecule has 2 atom stereocenters. The zero-order chi connectivity index (χ0) is 16.4. The molecule has 2 aliphatic heterocycles. The first-order valence-electron chi connectivity index (χ1n) is 8.40. The van der Waals surface area contributed by atoms with Crippen molar-refractivity contribution in [2.75, 3.05) is 31.1 Å². The number of pyridine rings is 1. The number of amides is 1. The fourth-order valence-electron chi connectivity index (χ4n) is 3.41. The van der Waals surface area contributed by atoms with Crippen molar-refractivity contribution in [1.82, 2.24) is 9.88 Å². The van der Waals surface area contributed by atoms with Crippen molar-refractivity contribution < 1.29 is 9.53 Å². The van der Waals surface area contributed by atoms with Gasteiger partial charge >= 0.3 is 0 Å². The lowest BCUT2D eigenvalue weighted by molar-refractivity contribution is -0.00545. The summed E-state index contributed by atoms with van der Waals surface area (Å²) in [4.78, 5) is 21.0. The summed E-state index contributed by atoms with van der Waals surface area (Å²) in [7, 11) is 0. The molecule has 2 unspecified atom stereocenters. The topological polar surface area (TPSA) is 45.7 Å². The molecule has 0 spiro atoms. The van der Waals surface area contributed by atoms with Crippen molar-refractivity contribution in [2.24, 2.45) is 0 Å². The fourth-order valence-corrected chi connectivity index (χ4v) is 3.70. The molecular weight excluding hydrogens is 314 g/mol. The highest BCUT2D eigenvalue weighted by atomic mass is 35.5. The standard InChI is InChI=1S/C17H24ClN3O2/c1-12-10-21(11-13(2)23-12)16-15(18)8-14(9-19-16)17(22)20-6-4-3-5-7-20/h8-9,12-13H,3-7,10-11H2,1-2H3. The zero-order valence-electron chi connectivity index (χ0n) is 13.8. The van der Waals surface area contributed by atoms with E-state index in [-0.39, 0.29) is 18.1 Å². The Kier molecular flexibility index (Phi) is 5.07. The van der Waals surface area contributed by atoms with E-state index in [9.17, 15) is 4.79 Å². The van der Waals surface area contributed by atoms with Crippen LogP contribution in [0.4, 0.5) is 5.82 Å². The van der Waals surface area contributed by atoms with Gasteiger partial charge in [0.25, 0.3) is 5.91 Å². The Morgan fingerprint density at radius 2 is 1.87 bits per heavy atom. The summed E-state index contributed by atoms with van der Waals surface area (Å²) in [6, 6.07) is 1.76. The summed E-state index contributed by atoms with van der Waals surface area (Å²) in [5, 5.41) is 0.536. The lowest BCUT2D eigenvalue weighted by Gasteiger charge is -2.36. The molecule has 2 saturated heterocycles. The number of nitrogens with zero attached hydrogens (tertiary/aromatic N) is 3. The van der Waals surface area contributed by atoms with E-state index in [1.165, 1.54) is 6.42 Å². The van der Waals surface area contributed by atoms with Gasteiger partial charge < -0.3 is 14.5 Å². The number of ether oxygens (including phenoxy) is 1. The molecule has 2 aliphatic rings. The minimum Gasteiger partial charge on any atom is -0.372 e. The summed E-state index contributed by atoms with van der Waals surface area (Å²) >= 11 is 6.43. The molecule has 0 bridgehead atoms. The van der Waals surface area contributed by atoms with Crippen LogP contribution in [0.25, 0.3) is 0 Å². The predicted molar refractivity (Wildman–Crippen MR) is 91.2 cm³/mol. The third kappa shape index (κ3) is 3.78. The second-order valence-electron chi connectivity index (χ2n) is 6.54. The number of halogens is 1. The van der Waals surface area contributed by atoms with Crippen molar-refractivity contribution >= 4 is 23.3 Å². The van der Waals surface area contributed by atoms with Crippen molar-refractivity contribution in [3.8, 4) is 0 Å². The van der Waals surface area contributed by atoms with Crippen LogP contribution in [0.1, 0.15) is 43.5 Å². The Labute approximate surface area is 142 Å². The second kappa shape index (κ2) is 7.05. The molecule has 23 heavy (non-hydrogen) atoms. The van der Waals surface area contributed by atoms with Crippen LogP contribution in [0.3, 0.4) is 0 Å². The maximum Gasteiger partial charge on any atom is 0.255 e. The number of hydrogen-bond acceptors (Lipinski definition) is 4. The van der Waals surface area contributed by atoms with E-state index in [0.717, 1.165) is 44.8 Å². The number of carbonyl (C=O) groups excluding carboxylic acids is 1. The molecule has 3 heterocycles. The van der Waals surface area contributed by atoms with E-state index in [1.54, 1.807) is 12.3 Å². The smallest absolute Gasteiger partial charge is 0.255 e. The third-order valence-electron chi connectivity index (χ3n) is 4.43. The summed E-state index contributed by atoms with van der Waals surface area (Å²) < 4.78 is 5.75. The number of aromatic nitrogens is 1. The van der Waals surface area contributed by atoms with Crippen LogP contribution in [0.5, 0.6) is 0 Å². The summed E-state index contributed by atoms with van der Waals surface area (Å²) in [5.74, 6) is 0.776. The highest BCUT2D eigenvalue weighted by Crippen LogP contribution is 2.27. The Morgan fingerprint density at radius 3 is 2.48 bits per heavy atom. The van der Waals surface area contributed by atoms with Crippen LogP contribution in [0.2, 0.25) is 5.02 Å². The average molecular weight is 338 g/mol. The first kappa shape index (κ1) is 16.5. The van der Waals surface area contributed by atoms with E-state index in [2.05, 4.69) is 9.88 Å². The molecule has 2 fully saturated rings. The highest BCUT2D eigenvalue weighted by Gasteiger charge is 2.26. The van der Waals surface area contributed by atoms with Gasteiger partial charge in [0.2, 0.25) is 0 Å². The monoisotopic (exact) mass is 337 g/mol. The Hall–Kier alpha value is -1.33. The number of piperidine rings is 1. The SMILES string of the molecule is CC1CN(c2ncc(C(=O)N3CCCCC3)cc2Cl)CC(C)O1. The second-order valence-corrected chi connectivity index (χ2v) is 6.95. The van der Waals surface area contributed by atoms with Crippen LogP contribution < -0.4 is 4.90 Å². The summed E-state index contributed by atoms with van der Waals surface area (Å²) in [6.07, 6.45) is 5.30. The Bertz CT molecular complexity index is 565. The first-order chi connectivity index (χ1) is 11.0. The van der Waals surface area contributed by atoms with E-state index in [4.69, 9.17) is 16.3 Å². The maximum atomic E-state index is 12.5. The normalized spacial score (nSPS) is 25.5. The van der Waals surface area contributed by atoms with Crippen LogP contribution in [0.15, 0.2) is 12.3 Å². The van der Waals surface area contributed by atoms with Crippen LogP contribution >= 0.6 is 11.6 Å². The Balaban J connectivity index is 1.76. The van der Waals surface area contributed by atoms with Crippen molar-refractivity contribution in [1.29, 1.82) is 0 Å². The minimum atomic E-state index is 0.0364. The quantitative estimate of drug-likeness (QED) is 0.832. The van der Waals surface area contributed by atoms with E-state index < -0.39 is 0 Å². The first-order valence-corrected chi connectivity index (χ1v) is 8.77. The minimum absolute atomic E-state index is 0.0364. The van der Waals surface area contributed by atoms with Gasteiger partial charge in [0, 0.05) is 32.4 Å². The summed E-state index contributed by atoms with van der Waals surface area (Å²) in [6.45, 7) is 7.27. The van der Waals surface area contributed by atoms with Gasteiger partial charge in [-0.15, -0.1) is 0 Å². The van der Waals surface area contributed by atoms with Gasteiger partial charge in [-0.3, -0.25) is 4.79 Å². The van der Waals surface area contributed by atoms with Gasteiger partial charge in [-0.2, -0.15) is 0 Å². The van der Waals surface area contributed by atoms with Crippen molar-refractivity contribution in [3.63, 3.8) is 0 Å². The largest absolute Gasteiger partial charge is 0.372 e. The number of rotatable bonds is 2. The van der Waals surface area contributed by atoms with Gasteiger partial charge in [0.05, 0.1) is 22.8 Å². The molecule has 126 valence electrons. The number of hydrogen-bond donors (Lipinski definition) is 0. The van der Waals surface area contributed by atoms with E-state index in [0.29, 0.717) is 10.6 Å². The van der Waals surface area contributed by atoms with Crippen molar-refractivity contribution in [3.05, 3.63) is 22.8 Å². The molecular formula is C17H24ClN3O2. The third-order valence-corrected chi connectivity index (χ3v) is 4.71. The lowest BCUT2D eigenvalue weighted by Crippen LogP contribution is -2.46. The van der Waals surface area contributed by atoms with Gasteiger partial charge in [0.15, 0.2) is 0 Å². The van der Waals surface area contributed by atoms with Crippen LogP contribution in [-0.2, 0) is 4.74 Å². The Morgan fingerprint density at radius 1 is 1.22 bits per heavy atom. The number of anilines is 1.